The number of benzene rings is 1. The monoisotopic (exact) mass is 382 g/mol. The van der Waals surface area contributed by atoms with E-state index in [-0.39, 0.29) is 0 Å². The van der Waals surface area contributed by atoms with Gasteiger partial charge in [0.2, 0.25) is 0 Å². The summed E-state index contributed by atoms with van der Waals surface area (Å²) in [6.45, 7) is 5.88. The standard InChI is InChI=1S/C20H26N6O2/c1-4-21-20(23-15-9-10-16(27-3)17(14-15)28-5-2)22-12-11-19-25-24-18-8-6-7-13-26(18)19/h6-10,13-14H,4-5,11-12H2,1-3H3,(H2,21,22,23). The first kappa shape index (κ1) is 19.5. The molecule has 0 saturated carbocycles. The molecule has 28 heavy (non-hydrogen) atoms. The Hall–Kier alpha value is -3.29. The lowest BCUT2D eigenvalue weighted by atomic mass is 10.2. The molecular weight excluding hydrogens is 356 g/mol. The van der Waals surface area contributed by atoms with Gasteiger partial charge in [0, 0.05) is 37.5 Å². The van der Waals surface area contributed by atoms with Crippen molar-refractivity contribution in [3.8, 4) is 11.5 Å². The van der Waals surface area contributed by atoms with Crippen LogP contribution in [0.15, 0.2) is 47.6 Å². The van der Waals surface area contributed by atoms with Gasteiger partial charge in [-0.15, -0.1) is 10.2 Å². The highest BCUT2D eigenvalue weighted by Crippen LogP contribution is 2.30. The summed E-state index contributed by atoms with van der Waals surface area (Å²) in [4.78, 5) is 4.65. The molecule has 0 aliphatic carbocycles. The molecule has 0 spiro atoms. The van der Waals surface area contributed by atoms with Crippen molar-refractivity contribution < 1.29 is 9.47 Å². The summed E-state index contributed by atoms with van der Waals surface area (Å²) in [6, 6.07) is 11.6. The first-order valence-corrected chi connectivity index (χ1v) is 9.40. The van der Waals surface area contributed by atoms with Crippen molar-refractivity contribution in [2.75, 3.05) is 32.1 Å². The van der Waals surface area contributed by atoms with Gasteiger partial charge in [-0.1, -0.05) is 6.07 Å². The summed E-state index contributed by atoms with van der Waals surface area (Å²) >= 11 is 0. The molecular formula is C20H26N6O2. The molecule has 8 nitrogen and oxygen atoms in total. The van der Waals surface area contributed by atoms with Crippen molar-refractivity contribution in [1.29, 1.82) is 0 Å². The van der Waals surface area contributed by atoms with Crippen LogP contribution in [0.1, 0.15) is 19.7 Å². The molecule has 148 valence electrons. The van der Waals surface area contributed by atoms with Gasteiger partial charge < -0.3 is 20.1 Å². The molecule has 2 aromatic heterocycles. The molecule has 8 heteroatoms. The fraction of sp³-hybridized carbons (Fsp3) is 0.350. The van der Waals surface area contributed by atoms with E-state index in [2.05, 4.69) is 25.8 Å². The van der Waals surface area contributed by atoms with Gasteiger partial charge in [-0.25, -0.2) is 0 Å². The Kier molecular flexibility index (Phi) is 6.67. The van der Waals surface area contributed by atoms with Crippen molar-refractivity contribution in [3.63, 3.8) is 0 Å². The highest BCUT2D eigenvalue weighted by Gasteiger charge is 2.08. The van der Waals surface area contributed by atoms with Gasteiger partial charge in [0.05, 0.1) is 13.7 Å². The zero-order valence-corrected chi connectivity index (χ0v) is 16.5. The van der Waals surface area contributed by atoms with Crippen LogP contribution < -0.4 is 20.1 Å². The second-order valence-corrected chi connectivity index (χ2v) is 5.98. The number of guanidine groups is 1. The lowest BCUT2D eigenvalue weighted by molar-refractivity contribution is 0.311. The van der Waals surface area contributed by atoms with Gasteiger partial charge in [0.1, 0.15) is 5.82 Å². The van der Waals surface area contributed by atoms with E-state index < -0.39 is 0 Å². The SMILES string of the molecule is CCNC(=NCCc1nnc2ccccn12)Nc1ccc(OC)c(OCC)c1. The molecule has 3 aromatic rings. The summed E-state index contributed by atoms with van der Waals surface area (Å²) in [5.74, 6) is 2.98. The van der Waals surface area contributed by atoms with Crippen LogP contribution in [0.25, 0.3) is 5.65 Å². The number of aliphatic imine (C=N–C) groups is 1. The number of nitrogens with one attached hydrogen (secondary N) is 2. The van der Waals surface area contributed by atoms with Crippen LogP contribution in [0.2, 0.25) is 0 Å². The molecule has 0 aliphatic heterocycles. The summed E-state index contributed by atoms with van der Waals surface area (Å²) in [5, 5.41) is 15.0. The third-order valence-corrected chi connectivity index (χ3v) is 4.06. The highest BCUT2D eigenvalue weighted by atomic mass is 16.5. The number of methoxy groups -OCH3 is 1. The van der Waals surface area contributed by atoms with Gasteiger partial charge in [0.15, 0.2) is 23.1 Å². The first-order chi connectivity index (χ1) is 13.7. The number of ether oxygens (including phenoxy) is 2. The number of pyridine rings is 1. The molecule has 2 N–H and O–H groups in total. The zero-order valence-electron chi connectivity index (χ0n) is 16.5. The van der Waals surface area contributed by atoms with E-state index in [0.29, 0.717) is 37.0 Å². The smallest absolute Gasteiger partial charge is 0.195 e. The third-order valence-electron chi connectivity index (χ3n) is 4.06. The predicted molar refractivity (Wildman–Crippen MR) is 110 cm³/mol. The van der Waals surface area contributed by atoms with E-state index in [9.17, 15) is 0 Å². The summed E-state index contributed by atoms with van der Waals surface area (Å²) in [6.07, 6.45) is 2.65. The predicted octanol–water partition coefficient (Wildman–Crippen LogP) is 2.76. The molecule has 0 fully saturated rings. The van der Waals surface area contributed by atoms with Gasteiger partial charge >= 0.3 is 0 Å². The van der Waals surface area contributed by atoms with Crippen molar-refractivity contribution in [2.24, 2.45) is 4.99 Å². The molecule has 0 aliphatic rings. The minimum absolute atomic E-state index is 0.570. The normalized spacial score (nSPS) is 11.5. The lowest BCUT2D eigenvalue weighted by Crippen LogP contribution is -2.31. The molecule has 0 amide bonds. The summed E-state index contributed by atoms with van der Waals surface area (Å²) < 4.78 is 13.0. The van der Waals surface area contributed by atoms with Crippen molar-refractivity contribution in [1.82, 2.24) is 19.9 Å². The molecule has 0 radical (unpaired) electrons. The van der Waals surface area contributed by atoms with E-state index in [1.807, 2.05) is 60.8 Å². The Labute approximate surface area is 164 Å². The highest BCUT2D eigenvalue weighted by molar-refractivity contribution is 5.93. The zero-order chi connectivity index (χ0) is 19.8. The molecule has 0 unspecified atom stereocenters. The number of anilines is 1. The van der Waals surface area contributed by atoms with Crippen LogP contribution in [0.4, 0.5) is 5.69 Å². The Balaban J connectivity index is 1.69. The van der Waals surface area contributed by atoms with E-state index in [0.717, 1.165) is 23.7 Å². The van der Waals surface area contributed by atoms with Crippen molar-refractivity contribution in [3.05, 3.63) is 48.4 Å². The van der Waals surface area contributed by atoms with Crippen molar-refractivity contribution in [2.45, 2.75) is 20.3 Å². The maximum Gasteiger partial charge on any atom is 0.195 e. The molecule has 0 saturated heterocycles. The number of hydrogen-bond donors (Lipinski definition) is 2. The van der Waals surface area contributed by atoms with Gasteiger partial charge in [-0.05, 0) is 38.1 Å². The molecule has 0 atom stereocenters. The number of fused-ring (bicyclic) bond motifs is 1. The number of nitrogens with zero attached hydrogens (tertiary/aromatic N) is 4. The average molecular weight is 382 g/mol. The Morgan fingerprint density at radius 2 is 2.04 bits per heavy atom. The third kappa shape index (κ3) is 4.70. The van der Waals surface area contributed by atoms with E-state index in [1.54, 1.807) is 7.11 Å². The van der Waals surface area contributed by atoms with Crippen molar-refractivity contribution >= 4 is 17.3 Å². The minimum Gasteiger partial charge on any atom is -0.493 e. The maximum absolute atomic E-state index is 5.64. The second-order valence-electron chi connectivity index (χ2n) is 5.98. The van der Waals surface area contributed by atoms with E-state index >= 15 is 0 Å². The van der Waals surface area contributed by atoms with Crippen LogP contribution in [0, 0.1) is 0 Å². The quantitative estimate of drug-likeness (QED) is 0.460. The lowest BCUT2D eigenvalue weighted by Gasteiger charge is -2.14. The largest absolute Gasteiger partial charge is 0.493 e. The topological polar surface area (TPSA) is 85.1 Å². The van der Waals surface area contributed by atoms with Crippen LogP contribution in [0.3, 0.4) is 0 Å². The Morgan fingerprint density at radius 1 is 1.14 bits per heavy atom. The van der Waals surface area contributed by atoms with Gasteiger partial charge in [-0.2, -0.15) is 0 Å². The molecule has 3 rings (SSSR count). The molecule has 1 aromatic carbocycles. The maximum atomic E-state index is 5.64. The summed E-state index contributed by atoms with van der Waals surface area (Å²) in [5.41, 5.74) is 1.71. The number of rotatable bonds is 8. The fourth-order valence-electron chi connectivity index (χ4n) is 2.80. The van der Waals surface area contributed by atoms with E-state index in [1.165, 1.54) is 0 Å². The van der Waals surface area contributed by atoms with Crippen LogP contribution in [0.5, 0.6) is 11.5 Å². The Bertz CT molecular complexity index is 937. The minimum atomic E-state index is 0.570. The van der Waals surface area contributed by atoms with Crippen LogP contribution in [-0.4, -0.2) is 47.4 Å². The second kappa shape index (κ2) is 9.59. The van der Waals surface area contributed by atoms with Crippen LogP contribution >= 0.6 is 0 Å². The average Bonchev–Trinajstić information content (AvgIpc) is 3.12. The number of aromatic nitrogens is 3. The Morgan fingerprint density at radius 3 is 2.82 bits per heavy atom. The molecule has 2 heterocycles. The van der Waals surface area contributed by atoms with E-state index in [4.69, 9.17) is 9.47 Å². The fourth-order valence-corrected chi connectivity index (χ4v) is 2.80. The number of hydrogen-bond acceptors (Lipinski definition) is 5. The van der Waals surface area contributed by atoms with Crippen LogP contribution in [-0.2, 0) is 6.42 Å². The summed E-state index contributed by atoms with van der Waals surface area (Å²) in [7, 11) is 1.63. The first-order valence-electron chi connectivity index (χ1n) is 9.40. The molecule has 0 bridgehead atoms. The van der Waals surface area contributed by atoms with Gasteiger partial charge in [0.25, 0.3) is 0 Å². The van der Waals surface area contributed by atoms with Gasteiger partial charge in [-0.3, -0.25) is 9.39 Å².